The van der Waals surface area contributed by atoms with Crippen LogP contribution in [0.4, 0.5) is 0 Å². The molecule has 0 unspecified atom stereocenters. The van der Waals surface area contributed by atoms with Crippen molar-refractivity contribution in [2.75, 3.05) is 20.8 Å². The lowest BCUT2D eigenvalue weighted by Crippen LogP contribution is -2.64. The number of amides is 7. The molecule has 2 heterocycles. The number of esters is 1. The summed E-state index contributed by atoms with van der Waals surface area (Å²) < 4.78 is 46.8. The SMILES string of the molecule is C/C=C1\NC(=O)[C@H](NC(=O)[C@@H](NC(=O)[C@@H](COS(=O)(=O)O)OC)[C@@H](C)CC)[C@@H](C)OC(=O)[C@H]([C@H](C)CC)NC(=O)[C@H](Cc2ccccc2)N(C)C(=O)[C@H](Cc2ccccc2)N2C(=O)[C@H](CC[C@H]2O)NC1=O. The number of allylic oxidation sites excluding steroid dienone is 1. The molecule has 2 fully saturated rings. The van der Waals surface area contributed by atoms with Crippen molar-refractivity contribution in [1.82, 2.24) is 36.4 Å². The molecule has 7 N–H and O–H groups in total. The quantitative estimate of drug-likeness (QED) is 0.0682. The molecule has 2 bridgehead atoms. The second-order valence-corrected chi connectivity index (χ2v) is 18.8. The number of fused-ring (bicyclic) bond motifs is 2. The van der Waals surface area contributed by atoms with Gasteiger partial charge < -0.3 is 51.0 Å². The van der Waals surface area contributed by atoms with Crippen LogP contribution in [0.5, 0.6) is 0 Å². The summed E-state index contributed by atoms with van der Waals surface area (Å²) in [6.07, 6.45) is -3.24. The van der Waals surface area contributed by atoms with Crippen molar-refractivity contribution in [3.8, 4) is 0 Å². The summed E-state index contributed by atoms with van der Waals surface area (Å²) in [5, 5.41) is 24.3. The molecule has 23 heteroatoms. The number of nitrogens with one attached hydrogen (secondary N) is 5. The van der Waals surface area contributed by atoms with Crippen molar-refractivity contribution in [2.24, 2.45) is 11.8 Å². The van der Waals surface area contributed by atoms with Gasteiger partial charge in [0.2, 0.25) is 23.6 Å². The van der Waals surface area contributed by atoms with E-state index in [9.17, 15) is 47.1 Å². The first-order chi connectivity index (χ1) is 33.5. The minimum absolute atomic E-state index is 0.0617. The number of likely N-dealkylation sites (N-methyl/N-ethyl adjacent to an activating group) is 1. The first-order valence-electron chi connectivity index (χ1n) is 23.4. The lowest BCUT2D eigenvalue weighted by molar-refractivity contribution is -0.165. The Hall–Kier alpha value is -6.27. The number of cyclic esters (lactones) is 1. The summed E-state index contributed by atoms with van der Waals surface area (Å²) in [4.78, 5) is 117. The Balaban J connectivity index is 1.84. The van der Waals surface area contributed by atoms with Crippen LogP contribution < -0.4 is 26.6 Å². The highest BCUT2D eigenvalue weighted by molar-refractivity contribution is 7.80. The number of rotatable bonds is 16. The van der Waals surface area contributed by atoms with E-state index in [1.54, 1.807) is 88.4 Å². The fourth-order valence-electron chi connectivity index (χ4n) is 8.11. The van der Waals surface area contributed by atoms with Crippen LogP contribution in [-0.4, -0.2) is 151 Å². The van der Waals surface area contributed by atoms with E-state index in [0.717, 1.165) is 12.0 Å². The molecule has 11 atom stereocenters. The number of nitrogens with zero attached hydrogens (tertiary/aromatic N) is 2. The van der Waals surface area contributed by atoms with Gasteiger partial charge in [-0.15, -0.1) is 0 Å². The van der Waals surface area contributed by atoms with E-state index in [2.05, 4.69) is 30.8 Å². The minimum atomic E-state index is -4.99. The van der Waals surface area contributed by atoms with E-state index in [4.69, 9.17) is 14.0 Å². The molecule has 2 aliphatic rings. The molecule has 2 saturated heterocycles. The number of carbonyl (C=O) groups is 8. The molecule has 71 heavy (non-hydrogen) atoms. The molecule has 0 radical (unpaired) electrons. The number of carbonyl (C=O) groups excluding carboxylic acids is 8. The Morgan fingerprint density at radius 1 is 0.873 bits per heavy atom. The van der Waals surface area contributed by atoms with Gasteiger partial charge in [0.05, 0.1) is 0 Å². The third-order valence-corrected chi connectivity index (χ3v) is 13.3. The summed E-state index contributed by atoms with van der Waals surface area (Å²) in [7, 11) is -2.55. The highest BCUT2D eigenvalue weighted by Crippen LogP contribution is 2.25. The van der Waals surface area contributed by atoms with E-state index in [1.807, 2.05) is 0 Å². The van der Waals surface area contributed by atoms with Gasteiger partial charge in [-0.25, -0.2) is 8.98 Å². The van der Waals surface area contributed by atoms with Crippen LogP contribution in [0.1, 0.15) is 78.4 Å². The third kappa shape index (κ3) is 15.6. The zero-order chi connectivity index (χ0) is 52.7. The normalized spacial score (nSPS) is 25.5. The Morgan fingerprint density at radius 2 is 1.46 bits per heavy atom. The lowest BCUT2D eigenvalue weighted by atomic mass is 9.95. The molecule has 2 aliphatic heterocycles. The van der Waals surface area contributed by atoms with Crippen LogP contribution >= 0.6 is 0 Å². The molecule has 4 rings (SSSR count). The van der Waals surface area contributed by atoms with Crippen LogP contribution in [0.15, 0.2) is 72.4 Å². The molecule has 22 nitrogen and oxygen atoms in total. The number of ether oxygens (including phenoxy) is 2. The van der Waals surface area contributed by atoms with Crippen molar-refractivity contribution in [3.05, 3.63) is 83.6 Å². The molecule has 390 valence electrons. The summed E-state index contributed by atoms with van der Waals surface area (Å²) in [6.45, 7) is 8.43. The zero-order valence-electron chi connectivity index (χ0n) is 41.2. The third-order valence-electron chi connectivity index (χ3n) is 12.8. The van der Waals surface area contributed by atoms with Crippen LogP contribution in [0, 0.1) is 11.8 Å². The molecule has 7 amide bonds. The zero-order valence-corrected chi connectivity index (χ0v) is 42.0. The summed E-state index contributed by atoms with van der Waals surface area (Å²) in [5.41, 5.74) is 0.846. The number of benzene rings is 2. The maximum atomic E-state index is 15.0. The predicted octanol–water partition coefficient (Wildman–Crippen LogP) is 0.439. The molecular weight excluding hydrogens is 947 g/mol. The maximum Gasteiger partial charge on any atom is 0.397 e. The van der Waals surface area contributed by atoms with E-state index >= 15 is 4.79 Å². The Kier molecular flexibility index (Phi) is 21.2. The average Bonchev–Trinajstić information content (AvgIpc) is 3.34. The van der Waals surface area contributed by atoms with E-state index < -0.39 is 137 Å². The second kappa shape index (κ2) is 26.3. The average molecular weight is 1010 g/mol. The number of piperidine rings is 1. The fourth-order valence-corrected chi connectivity index (χ4v) is 8.40. The van der Waals surface area contributed by atoms with Crippen LogP contribution in [-0.2, 0) is 75.3 Å². The number of hydrogen-bond donors (Lipinski definition) is 7. The van der Waals surface area contributed by atoms with Crippen LogP contribution in [0.2, 0.25) is 0 Å². The van der Waals surface area contributed by atoms with Gasteiger partial charge >= 0.3 is 16.4 Å². The molecule has 0 spiro atoms. The van der Waals surface area contributed by atoms with E-state index in [0.29, 0.717) is 17.5 Å². The Bertz CT molecular complexity index is 2360. The second-order valence-electron chi connectivity index (χ2n) is 17.7. The standard InChI is InChI=1S/C48H67N7O15S/c1-9-27(4)38(51-43(59)36(68-8)26-69-71(65,66)67)44(60)53-40-29(6)70-48(64)39(28(5)10-2)52-42(58)34(24-30-18-14-12-15-19-30)54(7)47(63)35(25-31-20-16-13-17-21-31)55-37(56)23-22-33(46(55)62)50-41(57)32(11-3)49-45(40)61/h11-21,27-29,33-40,56H,9-10,22-26H2,1-8H3,(H,49,61)(H,50,57)(H,51,59)(H,52,58)(H,53,60)(H,65,66,67)/b32-11-/t27-,28+,29+,33-,34-,35-,36+,37+,38-,39-,40+/m0/s1. The topological polar surface area (TPSA) is 305 Å². The smallest absolute Gasteiger partial charge is 0.397 e. The van der Waals surface area contributed by atoms with Crippen molar-refractivity contribution >= 4 is 57.7 Å². The lowest BCUT2D eigenvalue weighted by Gasteiger charge is -2.43. The number of hydrogen-bond acceptors (Lipinski definition) is 14. The highest BCUT2D eigenvalue weighted by atomic mass is 32.3. The number of aliphatic hydroxyl groups is 1. The molecular formula is C48H67N7O15S. The van der Waals surface area contributed by atoms with Gasteiger partial charge in [-0.1, -0.05) is 107 Å². The van der Waals surface area contributed by atoms with Gasteiger partial charge in [-0.2, -0.15) is 8.42 Å². The van der Waals surface area contributed by atoms with Gasteiger partial charge in [0, 0.05) is 27.0 Å². The first kappa shape index (κ1) is 57.3. The van der Waals surface area contributed by atoms with Crippen LogP contribution in [0.3, 0.4) is 0 Å². The van der Waals surface area contributed by atoms with Gasteiger partial charge in [0.15, 0.2) is 6.10 Å². The maximum absolute atomic E-state index is 15.0. The van der Waals surface area contributed by atoms with Crippen molar-refractivity contribution < 1.29 is 70.1 Å². The molecule has 0 aliphatic carbocycles. The molecule has 0 saturated carbocycles. The Labute approximate surface area is 413 Å². The van der Waals surface area contributed by atoms with E-state index in [-0.39, 0.29) is 32.1 Å². The van der Waals surface area contributed by atoms with Gasteiger partial charge in [0.1, 0.15) is 60.9 Å². The predicted molar refractivity (Wildman–Crippen MR) is 255 cm³/mol. The molecule has 2 aromatic rings. The summed E-state index contributed by atoms with van der Waals surface area (Å²) in [6, 6.07) is 8.72. The van der Waals surface area contributed by atoms with E-state index in [1.165, 1.54) is 31.9 Å². The first-order valence-corrected chi connectivity index (χ1v) is 24.8. The van der Waals surface area contributed by atoms with Crippen molar-refractivity contribution in [3.63, 3.8) is 0 Å². The monoisotopic (exact) mass is 1010 g/mol. The largest absolute Gasteiger partial charge is 0.458 e. The number of methoxy groups -OCH3 is 1. The molecule has 2 aromatic carbocycles. The fraction of sp³-hybridized carbons (Fsp3) is 0.542. The summed E-state index contributed by atoms with van der Waals surface area (Å²) >= 11 is 0. The van der Waals surface area contributed by atoms with Gasteiger partial charge in [-0.05, 0) is 49.7 Å². The molecule has 0 aromatic heterocycles. The van der Waals surface area contributed by atoms with Gasteiger partial charge in [-0.3, -0.25) is 38.1 Å². The summed E-state index contributed by atoms with van der Waals surface area (Å²) in [5.74, 6) is -8.76. The van der Waals surface area contributed by atoms with Crippen molar-refractivity contribution in [2.45, 2.75) is 135 Å². The van der Waals surface area contributed by atoms with Crippen molar-refractivity contribution in [1.29, 1.82) is 0 Å². The Morgan fingerprint density at radius 3 is 2.00 bits per heavy atom. The highest BCUT2D eigenvalue weighted by Gasteiger charge is 2.46. The van der Waals surface area contributed by atoms with Gasteiger partial charge in [0.25, 0.3) is 17.7 Å². The minimum Gasteiger partial charge on any atom is -0.458 e. The van der Waals surface area contributed by atoms with Crippen LogP contribution in [0.25, 0.3) is 0 Å². The number of aliphatic hydroxyl groups excluding tert-OH is 1.